The molecule has 0 aromatic heterocycles. The fraction of sp³-hybridized carbons (Fsp3) is 0.717. The van der Waals surface area contributed by atoms with Crippen LogP contribution in [0, 0.1) is 45.3 Å². The molecule has 4 aliphatic heterocycles. The molecule has 7 nitrogen and oxygen atoms in total. The maximum absolute atomic E-state index is 11.4. The predicted molar refractivity (Wildman–Crippen MR) is 226 cm³/mol. The van der Waals surface area contributed by atoms with Gasteiger partial charge >= 0.3 is 0 Å². The van der Waals surface area contributed by atoms with Gasteiger partial charge in [-0.2, -0.15) is 0 Å². The van der Waals surface area contributed by atoms with E-state index >= 15 is 0 Å². The smallest absolute Gasteiger partial charge is 0.245 e. The standard InChI is InChI=1S/2C12H21NO.C12H21N.C10H17NO/c1-5-11(14)13-8-6-10(7-9-13)12(2,3)4;1-5-11(14)13-8-6-7-10(9-13)12(2,3)4;1-6-10(2)13-8-7-11(9-13)12(3,4)5;1-5-9(12)11-6-8(7-11)10(2,3)4/h2*5,10H,1,6-9H2,2-4H3;6,11H,1-2,7-9H2,3-5H3;5,8H,1,6-7H2,2-4H3. The number of hydrogen-bond acceptors (Lipinski definition) is 4. The van der Waals surface area contributed by atoms with Crippen LogP contribution in [0.5, 0.6) is 0 Å². The Morgan fingerprint density at radius 3 is 1.17 bits per heavy atom. The SMILES string of the molecule is C=CC(=C)N1CCC(C(C)(C)C)C1.C=CC(=O)N1CC(C(C)(C)C)C1.C=CC(=O)N1CCC(C(C)(C)C)CC1.C=CC(=O)N1CCCC(C(C)(C)C)C1. The highest BCUT2D eigenvalue weighted by Crippen LogP contribution is 2.36. The van der Waals surface area contributed by atoms with Crippen LogP contribution in [0.4, 0.5) is 0 Å². The molecule has 4 fully saturated rings. The first kappa shape index (κ1) is 47.9. The second-order valence-electron chi connectivity index (χ2n) is 19.9. The van der Waals surface area contributed by atoms with Gasteiger partial charge in [0.1, 0.15) is 0 Å². The lowest BCUT2D eigenvalue weighted by Crippen LogP contribution is -2.54. The van der Waals surface area contributed by atoms with E-state index in [0.717, 1.165) is 89.2 Å². The van der Waals surface area contributed by atoms with Gasteiger partial charge in [-0.1, -0.05) is 116 Å². The van der Waals surface area contributed by atoms with Crippen molar-refractivity contribution in [2.75, 3.05) is 52.4 Å². The van der Waals surface area contributed by atoms with Gasteiger partial charge in [0.05, 0.1) is 0 Å². The molecule has 0 radical (unpaired) electrons. The van der Waals surface area contributed by atoms with Crippen LogP contribution in [0.15, 0.2) is 62.9 Å². The predicted octanol–water partition coefficient (Wildman–Crippen LogP) is 9.65. The van der Waals surface area contributed by atoms with E-state index in [1.54, 1.807) is 0 Å². The van der Waals surface area contributed by atoms with E-state index in [9.17, 15) is 14.4 Å². The Morgan fingerprint density at radius 1 is 0.434 bits per heavy atom. The molecule has 0 N–H and O–H groups in total. The topological polar surface area (TPSA) is 64.2 Å². The van der Waals surface area contributed by atoms with Gasteiger partial charge in [-0.25, -0.2) is 0 Å². The van der Waals surface area contributed by atoms with E-state index in [1.165, 1.54) is 31.1 Å². The normalized spacial score (nSPS) is 21.3. The van der Waals surface area contributed by atoms with E-state index in [1.807, 2.05) is 20.8 Å². The molecule has 3 amide bonds. The second kappa shape index (κ2) is 20.6. The average Bonchev–Trinajstić information content (AvgIpc) is 3.58. The summed E-state index contributed by atoms with van der Waals surface area (Å²) < 4.78 is 0. The molecule has 4 saturated heterocycles. The summed E-state index contributed by atoms with van der Waals surface area (Å²) in [4.78, 5) is 41.8. The van der Waals surface area contributed by atoms with E-state index in [2.05, 4.69) is 121 Å². The second-order valence-corrected chi connectivity index (χ2v) is 19.9. The molecule has 0 bridgehead atoms. The van der Waals surface area contributed by atoms with Crippen molar-refractivity contribution in [2.45, 2.75) is 115 Å². The van der Waals surface area contributed by atoms with Gasteiger partial charge in [-0.05, 0) is 102 Å². The molecule has 4 rings (SSSR count). The number of piperidine rings is 2. The molecule has 53 heavy (non-hydrogen) atoms. The first-order chi connectivity index (χ1) is 24.3. The van der Waals surface area contributed by atoms with Gasteiger partial charge in [0.2, 0.25) is 17.7 Å². The molecule has 4 heterocycles. The Morgan fingerprint density at radius 2 is 0.774 bits per heavy atom. The molecule has 302 valence electrons. The molecular weight excluding hydrogens is 657 g/mol. The van der Waals surface area contributed by atoms with Crippen molar-refractivity contribution in [1.29, 1.82) is 0 Å². The third-order valence-corrected chi connectivity index (χ3v) is 12.0. The van der Waals surface area contributed by atoms with Crippen molar-refractivity contribution in [2.24, 2.45) is 45.3 Å². The molecule has 0 saturated carbocycles. The van der Waals surface area contributed by atoms with Gasteiger partial charge < -0.3 is 19.6 Å². The van der Waals surface area contributed by atoms with Crippen molar-refractivity contribution in [3.8, 4) is 0 Å². The Hall–Kier alpha value is -3.09. The van der Waals surface area contributed by atoms with E-state index in [4.69, 9.17) is 0 Å². The average molecular weight is 737 g/mol. The lowest BCUT2D eigenvalue weighted by molar-refractivity contribution is -0.134. The summed E-state index contributed by atoms with van der Waals surface area (Å²) in [7, 11) is 0. The first-order valence-electron chi connectivity index (χ1n) is 20.1. The molecule has 7 heteroatoms. The highest BCUT2D eigenvalue weighted by atomic mass is 16.2. The first-order valence-corrected chi connectivity index (χ1v) is 20.1. The summed E-state index contributed by atoms with van der Waals surface area (Å²) >= 11 is 0. The number of likely N-dealkylation sites (tertiary alicyclic amines) is 4. The van der Waals surface area contributed by atoms with Gasteiger partial charge in [-0.3, -0.25) is 14.4 Å². The van der Waals surface area contributed by atoms with E-state index in [0.29, 0.717) is 33.5 Å². The van der Waals surface area contributed by atoms with Crippen LogP contribution in [-0.4, -0.2) is 89.7 Å². The van der Waals surface area contributed by atoms with Crippen LogP contribution < -0.4 is 0 Å². The Kier molecular flexibility index (Phi) is 18.6. The number of hydrogen-bond donors (Lipinski definition) is 0. The molecule has 0 aliphatic carbocycles. The maximum Gasteiger partial charge on any atom is 0.245 e. The van der Waals surface area contributed by atoms with Gasteiger partial charge in [0, 0.05) is 58.1 Å². The Bertz CT molecular complexity index is 1240. The van der Waals surface area contributed by atoms with Gasteiger partial charge in [0.25, 0.3) is 0 Å². The zero-order valence-corrected chi connectivity index (χ0v) is 36.4. The molecule has 0 aromatic rings. The third kappa shape index (κ3) is 16.0. The largest absolute Gasteiger partial charge is 0.372 e. The molecular formula is C46H80N4O3. The van der Waals surface area contributed by atoms with E-state index < -0.39 is 0 Å². The molecule has 4 aliphatic rings. The van der Waals surface area contributed by atoms with Crippen LogP contribution in [-0.2, 0) is 14.4 Å². The van der Waals surface area contributed by atoms with Gasteiger partial charge in [-0.15, -0.1) is 0 Å². The Balaban J connectivity index is 0.000000354. The minimum atomic E-state index is 0.0653. The lowest BCUT2D eigenvalue weighted by Gasteiger charge is -2.45. The summed E-state index contributed by atoms with van der Waals surface area (Å²) in [6, 6.07) is 0. The minimum Gasteiger partial charge on any atom is -0.372 e. The number of carbonyl (C=O) groups is 3. The van der Waals surface area contributed by atoms with Crippen molar-refractivity contribution in [3.63, 3.8) is 0 Å². The highest BCUT2D eigenvalue weighted by Gasteiger charge is 2.37. The summed E-state index contributed by atoms with van der Waals surface area (Å²) in [6.45, 7) is 53.1. The maximum atomic E-state index is 11.4. The number of nitrogens with zero attached hydrogens (tertiary/aromatic N) is 4. The van der Waals surface area contributed by atoms with Crippen LogP contribution in [0.1, 0.15) is 115 Å². The van der Waals surface area contributed by atoms with Crippen molar-refractivity contribution < 1.29 is 14.4 Å². The quantitative estimate of drug-likeness (QED) is 0.208. The summed E-state index contributed by atoms with van der Waals surface area (Å²) in [5.41, 5.74) is 2.52. The molecule has 2 atom stereocenters. The number of amides is 3. The van der Waals surface area contributed by atoms with Crippen LogP contribution in [0.25, 0.3) is 0 Å². The highest BCUT2D eigenvalue weighted by molar-refractivity contribution is 5.88. The lowest BCUT2D eigenvalue weighted by atomic mass is 9.75. The molecule has 2 unspecified atom stereocenters. The number of rotatable bonds is 5. The van der Waals surface area contributed by atoms with E-state index in [-0.39, 0.29) is 17.7 Å². The molecule has 0 spiro atoms. The number of carbonyl (C=O) groups excluding carboxylic acids is 3. The van der Waals surface area contributed by atoms with Crippen LogP contribution in [0.3, 0.4) is 0 Å². The summed E-state index contributed by atoms with van der Waals surface area (Å²) in [5.74, 6) is 3.05. The monoisotopic (exact) mass is 737 g/mol. The zero-order valence-electron chi connectivity index (χ0n) is 36.4. The summed E-state index contributed by atoms with van der Waals surface area (Å²) in [6.07, 6.45) is 12.0. The fourth-order valence-electron chi connectivity index (χ4n) is 7.30. The fourth-order valence-corrected chi connectivity index (χ4v) is 7.30. The summed E-state index contributed by atoms with van der Waals surface area (Å²) in [5, 5.41) is 0. The van der Waals surface area contributed by atoms with Crippen molar-refractivity contribution in [3.05, 3.63) is 62.9 Å². The molecule has 0 aromatic carbocycles. The van der Waals surface area contributed by atoms with Crippen molar-refractivity contribution >= 4 is 17.7 Å². The Labute approximate surface area is 326 Å². The van der Waals surface area contributed by atoms with Crippen LogP contribution >= 0.6 is 0 Å². The van der Waals surface area contributed by atoms with Crippen molar-refractivity contribution in [1.82, 2.24) is 19.6 Å². The number of allylic oxidation sites excluding steroid dienone is 1. The minimum absolute atomic E-state index is 0.0653. The van der Waals surface area contributed by atoms with Gasteiger partial charge in [0.15, 0.2) is 0 Å². The zero-order chi connectivity index (χ0) is 40.9. The third-order valence-electron chi connectivity index (χ3n) is 12.0. The van der Waals surface area contributed by atoms with Crippen LogP contribution in [0.2, 0.25) is 0 Å².